The molecule has 0 amide bonds. The van der Waals surface area contributed by atoms with Gasteiger partial charge < -0.3 is 8.94 Å². The van der Waals surface area contributed by atoms with Crippen LogP contribution in [0.2, 0.25) is 0 Å². The molecule has 0 N–H and O–H groups in total. The molecule has 0 saturated carbocycles. The average Bonchev–Trinajstić information content (AvgIpc) is 3.54. The fraction of sp³-hybridized carbons (Fsp3) is 0.167. The van der Waals surface area contributed by atoms with E-state index in [0.29, 0.717) is 24.0 Å². The molecular weight excluding hydrogens is 422 g/mol. The van der Waals surface area contributed by atoms with Crippen molar-refractivity contribution >= 4 is 11.8 Å². The van der Waals surface area contributed by atoms with Gasteiger partial charge in [0.05, 0.1) is 24.1 Å². The first kappa shape index (κ1) is 20.3. The summed E-state index contributed by atoms with van der Waals surface area (Å²) in [4.78, 5) is 4.54. The van der Waals surface area contributed by atoms with Crippen molar-refractivity contribution in [1.29, 1.82) is 0 Å². The second-order valence-electron chi connectivity index (χ2n) is 7.43. The Bertz CT molecular complexity index is 1320. The molecule has 3 aromatic heterocycles. The minimum atomic E-state index is 0.496. The number of aromatic nitrogens is 5. The summed E-state index contributed by atoms with van der Waals surface area (Å²) in [7, 11) is 0. The Kier molecular flexibility index (Phi) is 5.60. The van der Waals surface area contributed by atoms with Crippen molar-refractivity contribution in [3.8, 4) is 22.8 Å². The maximum Gasteiger partial charge on any atom is 0.237 e. The number of thioether (sulfide) groups is 1. The molecule has 0 unspecified atom stereocenters. The molecular formula is C24H21N5O2S. The standard InChI is InChI=1S/C24H21N5O2S/c1-16-8-10-19(11-9-16)22-25-21(31-28-22)15-32-24-27-26-23(20-12-13-30-17(20)2)29(24)14-18-6-4-3-5-7-18/h3-13H,14-15H2,1-2H3. The highest BCUT2D eigenvalue weighted by Crippen LogP contribution is 2.29. The highest BCUT2D eigenvalue weighted by molar-refractivity contribution is 7.98. The molecule has 7 nitrogen and oxygen atoms in total. The van der Waals surface area contributed by atoms with E-state index in [1.54, 1.807) is 6.26 Å². The van der Waals surface area contributed by atoms with Gasteiger partial charge in [-0.1, -0.05) is 77.1 Å². The molecule has 0 radical (unpaired) electrons. The van der Waals surface area contributed by atoms with Gasteiger partial charge >= 0.3 is 0 Å². The van der Waals surface area contributed by atoms with Crippen LogP contribution in [0.3, 0.4) is 0 Å². The number of nitrogens with zero attached hydrogens (tertiary/aromatic N) is 5. The van der Waals surface area contributed by atoms with Gasteiger partial charge in [-0.3, -0.25) is 4.57 Å². The first-order valence-electron chi connectivity index (χ1n) is 10.2. The van der Waals surface area contributed by atoms with E-state index in [1.807, 2.05) is 62.4 Å². The first-order valence-corrected chi connectivity index (χ1v) is 11.2. The van der Waals surface area contributed by atoms with Gasteiger partial charge in [0, 0.05) is 5.56 Å². The lowest BCUT2D eigenvalue weighted by Gasteiger charge is -2.09. The van der Waals surface area contributed by atoms with Crippen molar-refractivity contribution < 1.29 is 8.94 Å². The number of furan rings is 1. The quantitative estimate of drug-likeness (QED) is 0.305. The van der Waals surface area contributed by atoms with Crippen molar-refractivity contribution in [2.75, 3.05) is 0 Å². The predicted octanol–water partition coefficient (Wildman–Crippen LogP) is 5.55. The smallest absolute Gasteiger partial charge is 0.237 e. The molecule has 0 fully saturated rings. The second-order valence-corrected chi connectivity index (χ2v) is 8.38. The number of rotatable bonds is 7. The molecule has 0 saturated heterocycles. The highest BCUT2D eigenvalue weighted by atomic mass is 32.2. The average molecular weight is 444 g/mol. The van der Waals surface area contributed by atoms with Crippen LogP contribution in [0, 0.1) is 13.8 Å². The molecule has 3 heterocycles. The van der Waals surface area contributed by atoms with E-state index < -0.39 is 0 Å². The van der Waals surface area contributed by atoms with Gasteiger partial charge in [0.1, 0.15) is 5.76 Å². The summed E-state index contributed by atoms with van der Waals surface area (Å²) < 4.78 is 13.1. The summed E-state index contributed by atoms with van der Waals surface area (Å²) >= 11 is 1.52. The number of hydrogen-bond donors (Lipinski definition) is 0. The highest BCUT2D eigenvalue weighted by Gasteiger charge is 2.19. The van der Waals surface area contributed by atoms with Crippen LogP contribution in [0.25, 0.3) is 22.8 Å². The van der Waals surface area contributed by atoms with Gasteiger partial charge in [-0.15, -0.1) is 10.2 Å². The number of hydrogen-bond acceptors (Lipinski definition) is 7. The van der Waals surface area contributed by atoms with E-state index >= 15 is 0 Å². The van der Waals surface area contributed by atoms with Crippen LogP contribution in [0.15, 0.2) is 81.0 Å². The Morgan fingerprint density at radius 2 is 1.75 bits per heavy atom. The van der Waals surface area contributed by atoms with Crippen LogP contribution in [-0.4, -0.2) is 24.9 Å². The van der Waals surface area contributed by atoms with E-state index in [2.05, 4.69) is 37.0 Å². The van der Waals surface area contributed by atoms with Crippen molar-refractivity contribution in [2.45, 2.75) is 31.3 Å². The lowest BCUT2D eigenvalue weighted by Crippen LogP contribution is -2.04. The minimum Gasteiger partial charge on any atom is -0.469 e. The fourth-order valence-corrected chi connectivity index (χ4v) is 4.16. The van der Waals surface area contributed by atoms with Gasteiger partial charge in [-0.2, -0.15) is 4.98 Å². The van der Waals surface area contributed by atoms with Gasteiger partial charge in [-0.25, -0.2) is 0 Å². The van der Waals surface area contributed by atoms with Crippen molar-refractivity contribution in [1.82, 2.24) is 24.9 Å². The monoisotopic (exact) mass is 443 g/mol. The van der Waals surface area contributed by atoms with E-state index in [4.69, 9.17) is 8.94 Å². The lowest BCUT2D eigenvalue weighted by molar-refractivity contribution is 0.391. The Balaban J connectivity index is 1.39. The maximum atomic E-state index is 5.49. The van der Waals surface area contributed by atoms with Crippen LogP contribution >= 0.6 is 11.8 Å². The van der Waals surface area contributed by atoms with Crippen LogP contribution < -0.4 is 0 Å². The van der Waals surface area contributed by atoms with Crippen molar-refractivity contribution in [2.24, 2.45) is 0 Å². The topological polar surface area (TPSA) is 82.8 Å². The van der Waals surface area contributed by atoms with Crippen molar-refractivity contribution in [3.63, 3.8) is 0 Å². The van der Waals surface area contributed by atoms with Gasteiger partial charge in [0.25, 0.3) is 0 Å². The predicted molar refractivity (Wildman–Crippen MR) is 122 cm³/mol. The van der Waals surface area contributed by atoms with Crippen LogP contribution in [0.4, 0.5) is 0 Å². The number of benzene rings is 2. The molecule has 32 heavy (non-hydrogen) atoms. The fourth-order valence-electron chi connectivity index (χ4n) is 3.38. The Morgan fingerprint density at radius 1 is 0.938 bits per heavy atom. The number of aryl methyl sites for hydroxylation is 2. The third-order valence-electron chi connectivity index (χ3n) is 5.10. The van der Waals surface area contributed by atoms with Crippen LogP contribution in [-0.2, 0) is 12.3 Å². The Morgan fingerprint density at radius 3 is 2.50 bits per heavy atom. The largest absolute Gasteiger partial charge is 0.469 e. The summed E-state index contributed by atoms with van der Waals surface area (Å²) in [6.45, 7) is 4.62. The van der Waals surface area contributed by atoms with Gasteiger partial charge in [0.2, 0.25) is 11.7 Å². The van der Waals surface area contributed by atoms with E-state index in [9.17, 15) is 0 Å². The molecule has 0 atom stereocenters. The van der Waals surface area contributed by atoms with Crippen LogP contribution in [0.1, 0.15) is 22.8 Å². The normalized spacial score (nSPS) is 11.2. The van der Waals surface area contributed by atoms with Gasteiger partial charge in [-0.05, 0) is 25.5 Å². The molecule has 5 aromatic rings. The van der Waals surface area contributed by atoms with Gasteiger partial charge in [0.15, 0.2) is 11.0 Å². The molecule has 0 bridgehead atoms. The SMILES string of the molecule is Cc1ccc(-c2noc(CSc3nnc(-c4ccoc4C)n3Cc3ccccc3)n2)cc1. The molecule has 160 valence electrons. The van der Waals surface area contributed by atoms with E-state index in [1.165, 1.54) is 17.3 Å². The van der Waals surface area contributed by atoms with Crippen LogP contribution in [0.5, 0.6) is 0 Å². The zero-order valence-corrected chi connectivity index (χ0v) is 18.5. The summed E-state index contributed by atoms with van der Waals surface area (Å²) in [5.74, 6) is 3.20. The Labute approximate surface area is 189 Å². The lowest BCUT2D eigenvalue weighted by atomic mass is 10.1. The maximum absolute atomic E-state index is 5.49. The molecule has 5 rings (SSSR count). The van der Waals surface area contributed by atoms with Crippen molar-refractivity contribution in [3.05, 3.63) is 89.7 Å². The molecule has 0 spiro atoms. The third-order valence-corrected chi connectivity index (χ3v) is 6.05. The molecule has 0 aliphatic rings. The summed E-state index contributed by atoms with van der Waals surface area (Å²) in [5.41, 5.74) is 4.21. The molecule has 2 aromatic carbocycles. The zero-order valence-electron chi connectivity index (χ0n) is 17.7. The third kappa shape index (κ3) is 4.22. The minimum absolute atomic E-state index is 0.496. The molecule has 0 aliphatic carbocycles. The van der Waals surface area contributed by atoms with E-state index in [-0.39, 0.29) is 0 Å². The summed E-state index contributed by atoms with van der Waals surface area (Å²) in [6, 6.07) is 20.2. The van der Waals surface area contributed by atoms with E-state index in [0.717, 1.165) is 33.4 Å². The zero-order chi connectivity index (χ0) is 21.9. The first-order chi connectivity index (χ1) is 15.7. The summed E-state index contributed by atoms with van der Waals surface area (Å²) in [6.07, 6.45) is 1.67. The molecule has 8 heteroatoms. The molecule has 0 aliphatic heterocycles. The second kappa shape index (κ2) is 8.84. The summed E-state index contributed by atoms with van der Waals surface area (Å²) in [5, 5.41) is 13.8. The Hall–Kier alpha value is -3.65.